The number of carbonyl (C=O) groups is 1. The zero-order valence-corrected chi connectivity index (χ0v) is 16.6. The summed E-state index contributed by atoms with van der Waals surface area (Å²) >= 11 is 3.67. The van der Waals surface area contributed by atoms with E-state index in [0.29, 0.717) is 5.56 Å². The number of hydrogen-bond acceptors (Lipinski definition) is 5. The molecule has 2 aromatic carbocycles. The van der Waals surface area contributed by atoms with E-state index in [1.165, 1.54) is 28.7 Å². The van der Waals surface area contributed by atoms with Crippen molar-refractivity contribution < 1.29 is 9.53 Å². The van der Waals surface area contributed by atoms with E-state index in [9.17, 15) is 4.79 Å². The minimum Gasteiger partial charge on any atom is -0.465 e. The number of benzene rings is 2. The molecule has 0 radical (unpaired) electrons. The van der Waals surface area contributed by atoms with E-state index in [0.717, 1.165) is 17.2 Å². The number of hydrogen-bond donors (Lipinski definition) is 0. The molecular formula is C22H19NO2S2. The van der Waals surface area contributed by atoms with Crippen molar-refractivity contribution in [1.29, 1.82) is 0 Å². The Hall–Kier alpha value is -2.24. The minimum absolute atomic E-state index is 0.151. The zero-order chi connectivity index (χ0) is 18.6. The average molecular weight is 394 g/mol. The summed E-state index contributed by atoms with van der Waals surface area (Å²) in [4.78, 5) is 17.7. The van der Waals surface area contributed by atoms with E-state index in [-0.39, 0.29) is 11.2 Å². The first kappa shape index (κ1) is 18.1. The summed E-state index contributed by atoms with van der Waals surface area (Å²) in [5.41, 5.74) is 5.49. The molecule has 1 unspecified atom stereocenters. The molecule has 1 atom stereocenters. The number of rotatable bonds is 4. The summed E-state index contributed by atoms with van der Waals surface area (Å²) in [7, 11) is 1.42. The standard InChI is InChI=1S/C22H19NO2S2/c1-25-22(24)15-9-10-20-19(12-15)21(27-14-17-7-4-5-11-23-17)18-8-3-2-6-16(18)13-26-20/h2-12,21H,13-14H2,1H3. The fraction of sp³-hybridized carbons (Fsp3) is 0.182. The van der Waals surface area contributed by atoms with Gasteiger partial charge in [-0.2, -0.15) is 0 Å². The van der Waals surface area contributed by atoms with Gasteiger partial charge in [0, 0.05) is 22.6 Å². The molecule has 2 heterocycles. The molecule has 1 aliphatic heterocycles. The van der Waals surface area contributed by atoms with E-state index in [1.54, 1.807) is 0 Å². The van der Waals surface area contributed by atoms with Crippen LogP contribution in [0.4, 0.5) is 0 Å². The normalized spacial score (nSPS) is 15.4. The van der Waals surface area contributed by atoms with Crippen LogP contribution >= 0.6 is 23.5 Å². The molecule has 0 spiro atoms. The number of methoxy groups -OCH3 is 1. The van der Waals surface area contributed by atoms with Crippen molar-refractivity contribution in [2.24, 2.45) is 0 Å². The molecule has 0 aliphatic carbocycles. The van der Waals surface area contributed by atoms with Crippen LogP contribution in [-0.2, 0) is 16.2 Å². The van der Waals surface area contributed by atoms with Crippen LogP contribution in [-0.4, -0.2) is 18.1 Å². The number of aromatic nitrogens is 1. The van der Waals surface area contributed by atoms with Gasteiger partial charge in [0.1, 0.15) is 0 Å². The van der Waals surface area contributed by atoms with Crippen molar-refractivity contribution >= 4 is 29.5 Å². The molecule has 0 bridgehead atoms. The van der Waals surface area contributed by atoms with Crippen molar-refractivity contribution in [3.63, 3.8) is 0 Å². The highest BCUT2D eigenvalue weighted by Gasteiger charge is 2.25. The molecule has 136 valence electrons. The maximum atomic E-state index is 12.1. The Bertz CT molecular complexity index is 960. The van der Waals surface area contributed by atoms with Crippen LogP contribution in [0.5, 0.6) is 0 Å². The summed E-state index contributed by atoms with van der Waals surface area (Å²) in [6.45, 7) is 0. The van der Waals surface area contributed by atoms with Gasteiger partial charge >= 0.3 is 5.97 Å². The van der Waals surface area contributed by atoms with Crippen LogP contribution in [0.15, 0.2) is 71.8 Å². The molecule has 3 nitrogen and oxygen atoms in total. The molecule has 0 amide bonds. The topological polar surface area (TPSA) is 39.2 Å². The fourth-order valence-corrected chi connectivity index (χ4v) is 5.65. The SMILES string of the molecule is COC(=O)c1ccc2c(c1)C(SCc1ccccn1)c1ccccc1CS2. The first-order valence-corrected chi connectivity index (χ1v) is 10.7. The highest BCUT2D eigenvalue weighted by molar-refractivity contribution is 7.99. The lowest BCUT2D eigenvalue weighted by Gasteiger charge is -2.20. The third kappa shape index (κ3) is 3.89. The summed E-state index contributed by atoms with van der Waals surface area (Å²) in [5.74, 6) is 1.45. The lowest BCUT2D eigenvalue weighted by atomic mass is 9.98. The number of thioether (sulfide) groups is 2. The quantitative estimate of drug-likeness (QED) is 0.548. The smallest absolute Gasteiger partial charge is 0.337 e. The van der Waals surface area contributed by atoms with Crippen LogP contribution in [0.3, 0.4) is 0 Å². The maximum Gasteiger partial charge on any atom is 0.337 e. The van der Waals surface area contributed by atoms with Crippen LogP contribution in [0.2, 0.25) is 0 Å². The molecule has 3 aromatic rings. The second kappa shape index (κ2) is 8.19. The second-order valence-corrected chi connectivity index (χ2v) is 8.35. The van der Waals surface area contributed by atoms with E-state index in [4.69, 9.17) is 4.74 Å². The molecular weight excluding hydrogens is 374 g/mol. The predicted molar refractivity (Wildman–Crippen MR) is 111 cm³/mol. The third-order valence-electron chi connectivity index (χ3n) is 4.56. The van der Waals surface area contributed by atoms with Gasteiger partial charge in [-0.05, 0) is 47.0 Å². The van der Waals surface area contributed by atoms with Crippen LogP contribution < -0.4 is 0 Å². The molecule has 0 saturated carbocycles. The van der Waals surface area contributed by atoms with Gasteiger partial charge in [0.15, 0.2) is 0 Å². The molecule has 0 fully saturated rings. The van der Waals surface area contributed by atoms with E-state index in [1.807, 2.05) is 60.1 Å². The lowest BCUT2D eigenvalue weighted by molar-refractivity contribution is 0.0600. The highest BCUT2D eigenvalue weighted by Crippen LogP contribution is 2.47. The third-order valence-corrected chi connectivity index (χ3v) is 7.00. The molecule has 1 aromatic heterocycles. The van der Waals surface area contributed by atoms with E-state index in [2.05, 4.69) is 35.3 Å². The van der Waals surface area contributed by atoms with E-state index >= 15 is 0 Å². The molecule has 5 heteroatoms. The first-order valence-electron chi connectivity index (χ1n) is 8.70. The highest BCUT2D eigenvalue weighted by atomic mass is 32.2. The first-order chi connectivity index (χ1) is 13.3. The van der Waals surface area contributed by atoms with Crippen LogP contribution in [0.25, 0.3) is 0 Å². The number of ether oxygens (including phenoxy) is 1. The number of pyridine rings is 1. The number of fused-ring (bicyclic) bond motifs is 2. The van der Waals surface area contributed by atoms with Gasteiger partial charge in [0.25, 0.3) is 0 Å². The van der Waals surface area contributed by atoms with Gasteiger partial charge in [-0.3, -0.25) is 4.98 Å². The Morgan fingerprint density at radius 3 is 2.81 bits per heavy atom. The summed E-state index contributed by atoms with van der Waals surface area (Å²) in [5, 5.41) is 0.151. The molecule has 27 heavy (non-hydrogen) atoms. The van der Waals surface area contributed by atoms with Gasteiger partial charge in [-0.1, -0.05) is 30.3 Å². The van der Waals surface area contributed by atoms with Gasteiger partial charge in [0.05, 0.1) is 23.6 Å². The molecule has 1 aliphatic rings. The van der Waals surface area contributed by atoms with Crippen LogP contribution in [0, 0.1) is 0 Å². The Labute approximate surface area is 167 Å². The van der Waals surface area contributed by atoms with Crippen molar-refractivity contribution in [2.45, 2.75) is 21.7 Å². The van der Waals surface area contributed by atoms with E-state index < -0.39 is 0 Å². The number of carbonyl (C=O) groups excluding carboxylic acids is 1. The number of esters is 1. The maximum absolute atomic E-state index is 12.1. The van der Waals surface area contributed by atoms with Gasteiger partial charge < -0.3 is 4.74 Å². The van der Waals surface area contributed by atoms with Crippen molar-refractivity contribution in [1.82, 2.24) is 4.98 Å². The molecule has 4 rings (SSSR count). The Morgan fingerprint density at radius 1 is 1.15 bits per heavy atom. The summed E-state index contributed by atoms with van der Waals surface area (Å²) in [6.07, 6.45) is 1.83. The predicted octanol–water partition coefficient (Wildman–Crippen LogP) is 5.50. The van der Waals surface area contributed by atoms with Crippen molar-refractivity contribution in [2.75, 3.05) is 7.11 Å². The Balaban J connectivity index is 1.76. The Morgan fingerprint density at radius 2 is 2.00 bits per heavy atom. The van der Waals surface area contributed by atoms with Gasteiger partial charge in [0.2, 0.25) is 0 Å². The average Bonchev–Trinajstić information content (AvgIpc) is 2.88. The molecule has 0 saturated heterocycles. The van der Waals surface area contributed by atoms with Crippen molar-refractivity contribution in [3.8, 4) is 0 Å². The number of nitrogens with zero attached hydrogens (tertiary/aromatic N) is 1. The second-order valence-electron chi connectivity index (χ2n) is 6.24. The largest absolute Gasteiger partial charge is 0.465 e. The fourth-order valence-electron chi connectivity index (χ4n) is 3.21. The summed E-state index contributed by atoms with van der Waals surface area (Å²) < 4.78 is 4.93. The monoisotopic (exact) mass is 393 g/mol. The minimum atomic E-state index is -0.297. The van der Waals surface area contributed by atoms with Gasteiger partial charge in [-0.15, -0.1) is 23.5 Å². The van der Waals surface area contributed by atoms with Crippen LogP contribution in [0.1, 0.15) is 38.0 Å². The molecule has 0 N–H and O–H groups in total. The van der Waals surface area contributed by atoms with Crippen molar-refractivity contribution in [3.05, 3.63) is 94.8 Å². The Kier molecular flexibility index (Phi) is 5.50. The van der Waals surface area contributed by atoms with Gasteiger partial charge in [-0.25, -0.2) is 4.79 Å². The lowest BCUT2D eigenvalue weighted by Crippen LogP contribution is -2.05. The zero-order valence-electron chi connectivity index (χ0n) is 14.9. The summed E-state index contributed by atoms with van der Waals surface area (Å²) in [6, 6.07) is 20.5.